The van der Waals surface area contributed by atoms with Crippen LogP contribution in [-0.4, -0.2) is 53.5 Å². The van der Waals surface area contributed by atoms with Gasteiger partial charge in [0.05, 0.1) is 11.7 Å². The minimum atomic E-state index is -0.386. The van der Waals surface area contributed by atoms with E-state index in [0.717, 1.165) is 43.4 Å². The Hall–Kier alpha value is -2.87. The average molecular weight is 498 g/mol. The molecule has 2 aromatic carbocycles. The van der Waals surface area contributed by atoms with Gasteiger partial charge in [-0.05, 0) is 62.1 Å². The summed E-state index contributed by atoms with van der Waals surface area (Å²) in [5, 5.41) is 6.19. The van der Waals surface area contributed by atoms with E-state index in [4.69, 9.17) is 0 Å². The first-order chi connectivity index (χ1) is 17.0. The number of likely N-dealkylation sites (tertiary alicyclic amines) is 1. The Balaban J connectivity index is 1.30. The predicted octanol–water partition coefficient (Wildman–Crippen LogP) is 4.01. The van der Waals surface area contributed by atoms with E-state index < -0.39 is 0 Å². The molecule has 1 aliphatic carbocycles. The van der Waals surface area contributed by atoms with Gasteiger partial charge in [0.1, 0.15) is 5.82 Å². The molecular formula is C27H32FN3O3S. The smallest absolute Gasteiger partial charge is 0.251 e. The maximum atomic E-state index is 13.2. The highest BCUT2D eigenvalue weighted by atomic mass is 32.2. The molecule has 8 heteroatoms. The lowest BCUT2D eigenvalue weighted by Crippen LogP contribution is -2.55. The normalized spacial score (nSPS) is 22.3. The van der Waals surface area contributed by atoms with Crippen molar-refractivity contribution in [3.8, 4) is 0 Å². The second-order valence-corrected chi connectivity index (χ2v) is 10.3. The van der Waals surface area contributed by atoms with E-state index in [1.54, 1.807) is 4.90 Å². The molecule has 2 unspecified atom stereocenters. The zero-order chi connectivity index (χ0) is 24.6. The molecule has 2 aromatic rings. The third-order valence-electron chi connectivity index (χ3n) is 6.77. The first-order valence-electron chi connectivity index (χ1n) is 12.3. The maximum absolute atomic E-state index is 13.2. The number of hydrogen-bond acceptors (Lipinski definition) is 4. The van der Waals surface area contributed by atoms with Gasteiger partial charge in [0.2, 0.25) is 11.8 Å². The van der Waals surface area contributed by atoms with E-state index in [2.05, 4.69) is 10.6 Å². The van der Waals surface area contributed by atoms with Gasteiger partial charge in [0, 0.05) is 35.6 Å². The van der Waals surface area contributed by atoms with E-state index in [1.165, 1.54) is 36.0 Å². The van der Waals surface area contributed by atoms with Crippen molar-refractivity contribution in [3.05, 3.63) is 66.0 Å². The summed E-state index contributed by atoms with van der Waals surface area (Å²) in [6.45, 7) is 1.11. The summed E-state index contributed by atoms with van der Waals surface area (Å²) in [5.74, 6) is -0.530. The van der Waals surface area contributed by atoms with Crippen molar-refractivity contribution in [1.82, 2.24) is 15.5 Å². The van der Waals surface area contributed by atoms with Crippen molar-refractivity contribution in [2.24, 2.45) is 5.92 Å². The first kappa shape index (κ1) is 25.2. The van der Waals surface area contributed by atoms with E-state index in [9.17, 15) is 18.8 Å². The molecule has 6 nitrogen and oxygen atoms in total. The van der Waals surface area contributed by atoms with E-state index in [1.807, 2.05) is 30.3 Å². The summed E-state index contributed by atoms with van der Waals surface area (Å²) in [6.07, 6.45) is 5.09. The molecular weight excluding hydrogens is 465 g/mol. The summed E-state index contributed by atoms with van der Waals surface area (Å²) in [4.78, 5) is 41.4. The number of thioether (sulfide) groups is 1. The van der Waals surface area contributed by atoms with Crippen LogP contribution in [-0.2, 0) is 9.59 Å². The monoisotopic (exact) mass is 497 g/mol. The molecule has 0 radical (unpaired) electrons. The molecule has 1 aliphatic heterocycles. The van der Waals surface area contributed by atoms with Crippen molar-refractivity contribution in [3.63, 3.8) is 0 Å². The highest BCUT2D eigenvalue weighted by Crippen LogP contribution is 2.23. The van der Waals surface area contributed by atoms with Gasteiger partial charge < -0.3 is 15.5 Å². The van der Waals surface area contributed by atoms with Crippen LogP contribution in [0.15, 0.2) is 59.5 Å². The Morgan fingerprint density at radius 3 is 2.29 bits per heavy atom. The number of halogens is 1. The maximum Gasteiger partial charge on any atom is 0.251 e. The highest BCUT2D eigenvalue weighted by Gasteiger charge is 2.33. The lowest BCUT2D eigenvalue weighted by Gasteiger charge is -2.36. The molecule has 1 heterocycles. The predicted molar refractivity (Wildman–Crippen MR) is 135 cm³/mol. The topological polar surface area (TPSA) is 78.5 Å². The van der Waals surface area contributed by atoms with Crippen LogP contribution < -0.4 is 10.6 Å². The van der Waals surface area contributed by atoms with Crippen LogP contribution in [0.3, 0.4) is 0 Å². The standard InChI is InChI=1S/C27H32FN3O3S/c28-21-14-12-19(13-15-21)26(33)29-23-10-4-5-11-24(23)30-27(34)20-7-6-16-31(17-20)25(32)18-35-22-8-2-1-3-9-22/h1-3,8-9,12-15,20,23-24H,4-7,10-11,16-18H2,(H,29,33)(H,30,34)/t20?,23-,24?/m1/s1. The Kier molecular flexibility index (Phi) is 8.79. The summed E-state index contributed by atoms with van der Waals surface area (Å²) < 4.78 is 13.2. The second kappa shape index (κ2) is 12.2. The molecule has 2 fully saturated rings. The van der Waals surface area contributed by atoms with Crippen molar-refractivity contribution < 1.29 is 18.8 Å². The fourth-order valence-corrected chi connectivity index (χ4v) is 5.62. The number of carbonyl (C=O) groups is 3. The van der Waals surface area contributed by atoms with Gasteiger partial charge in [-0.1, -0.05) is 31.0 Å². The number of piperidine rings is 1. The van der Waals surface area contributed by atoms with Gasteiger partial charge in [0.25, 0.3) is 5.91 Å². The van der Waals surface area contributed by atoms with Crippen LogP contribution in [0.1, 0.15) is 48.9 Å². The van der Waals surface area contributed by atoms with Crippen LogP contribution in [0.5, 0.6) is 0 Å². The molecule has 2 aliphatic rings. The minimum absolute atomic E-state index is 0.0499. The van der Waals surface area contributed by atoms with Crippen molar-refractivity contribution in [2.45, 2.75) is 55.5 Å². The number of nitrogens with one attached hydrogen (secondary N) is 2. The fraction of sp³-hybridized carbons (Fsp3) is 0.444. The summed E-state index contributed by atoms with van der Waals surface area (Å²) in [6, 6.07) is 15.0. The Labute approximate surface area is 210 Å². The molecule has 0 aromatic heterocycles. The molecule has 3 amide bonds. The minimum Gasteiger partial charge on any atom is -0.351 e. The molecule has 3 atom stereocenters. The highest BCUT2D eigenvalue weighted by molar-refractivity contribution is 8.00. The molecule has 4 rings (SSSR count). The quantitative estimate of drug-likeness (QED) is 0.567. The van der Waals surface area contributed by atoms with Gasteiger partial charge in [-0.25, -0.2) is 4.39 Å². The second-order valence-electron chi connectivity index (χ2n) is 9.27. The van der Waals surface area contributed by atoms with Gasteiger partial charge in [-0.2, -0.15) is 0 Å². The lowest BCUT2D eigenvalue weighted by atomic mass is 9.88. The summed E-state index contributed by atoms with van der Waals surface area (Å²) in [5.41, 5.74) is 0.400. The number of rotatable bonds is 7. The zero-order valence-electron chi connectivity index (χ0n) is 19.8. The lowest BCUT2D eigenvalue weighted by molar-refractivity contribution is -0.134. The molecule has 2 N–H and O–H groups in total. The van der Waals surface area contributed by atoms with Crippen molar-refractivity contribution >= 4 is 29.5 Å². The summed E-state index contributed by atoms with van der Waals surface area (Å²) in [7, 11) is 0. The average Bonchev–Trinajstić information content (AvgIpc) is 2.89. The van der Waals surface area contributed by atoms with Crippen LogP contribution in [0, 0.1) is 11.7 Å². The third-order valence-corrected chi connectivity index (χ3v) is 7.76. The molecule has 0 bridgehead atoms. The molecule has 0 spiro atoms. The zero-order valence-corrected chi connectivity index (χ0v) is 20.6. The fourth-order valence-electron chi connectivity index (χ4n) is 4.80. The largest absolute Gasteiger partial charge is 0.351 e. The molecule has 35 heavy (non-hydrogen) atoms. The number of carbonyl (C=O) groups excluding carboxylic acids is 3. The number of hydrogen-bond donors (Lipinski definition) is 2. The Morgan fingerprint density at radius 2 is 1.57 bits per heavy atom. The Bertz CT molecular complexity index is 1020. The van der Waals surface area contributed by atoms with E-state index >= 15 is 0 Å². The van der Waals surface area contributed by atoms with Crippen LogP contribution in [0.25, 0.3) is 0 Å². The SMILES string of the molecule is O=C(N[C@@H]1CCCCC1NC(=O)C1CCCN(C(=O)CSc2ccccc2)C1)c1ccc(F)cc1. The van der Waals surface area contributed by atoms with Crippen LogP contribution >= 0.6 is 11.8 Å². The molecule has 1 saturated carbocycles. The molecule has 186 valence electrons. The number of benzene rings is 2. The summed E-state index contributed by atoms with van der Waals surface area (Å²) >= 11 is 1.51. The third kappa shape index (κ3) is 7.07. The first-order valence-corrected chi connectivity index (χ1v) is 13.3. The van der Waals surface area contributed by atoms with Gasteiger partial charge >= 0.3 is 0 Å². The van der Waals surface area contributed by atoms with Gasteiger partial charge in [0.15, 0.2) is 0 Å². The van der Waals surface area contributed by atoms with E-state index in [-0.39, 0.29) is 41.5 Å². The Morgan fingerprint density at radius 1 is 0.886 bits per heavy atom. The van der Waals surface area contributed by atoms with E-state index in [0.29, 0.717) is 24.4 Å². The van der Waals surface area contributed by atoms with Gasteiger partial charge in [-0.15, -0.1) is 11.8 Å². The van der Waals surface area contributed by atoms with Gasteiger partial charge in [-0.3, -0.25) is 14.4 Å². The van der Waals surface area contributed by atoms with Crippen LogP contribution in [0.2, 0.25) is 0 Å². The molecule has 1 saturated heterocycles. The van der Waals surface area contributed by atoms with Crippen molar-refractivity contribution in [1.29, 1.82) is 0 Å². The number of nitrogens with zero attached hydrogens (tertiary/aromatic N) is 1. The number of amides is 3. The van der Waals surface area contributed by atoms with Crippen molar-refractivity contribution in [2.75, 3.05) is 18.8 Å². The van der Waals surface area contributed by atoms with Crippen LogP contribution in [0.4, 0.5) is 4.39 Å².